The number of H-pyrrole nitrogens is 3. The third kappa shape index (κ3) is 16.6. The molecule has 0 spiro atoms. The van der Waals surface area contributed by atoms with E-state index in [-0.39, 0.29) is 92.1 Å². The minimum absolute atomic E-state index is 0.00236. The summed E-state index contributed by atoms with van der Waals surface area (Å²) in [6.45, 7) is 4.49. The number of hydrogen-bond donors (Lipinski definition) is 6. The van der Waals surface area contributed by atoms with Gasteiger partial charge in [-0.25, -0.2) is 15.0 Å². The number of aromatic amines is 3. The lowest BCUT2D eigenvalue weighted by atomic mass is 10.0. The van der Waals surface area contributed by atoms with Crippen LogP contribution in [0.5, 0.6) is 5.75 Å². The molecule has 0 bridgehead atoms. The van der Waals surface area contributed by atoms with Gasteiger partial charge in [-0.3, -0.25) is 56.6 Å². The van der Waals surface area contributed by atoms with Crippen LogP contribution in [-0.4, -0.2) is 131 Å². The fourth-order valence-electron chi connectivity index (χ4n) is 9.73. The van der Waals surface area contributed by atoms with Crippen molar-refractivity contribution >= 4 is 85.9 Å². The maximum Gasteiger partial charge on any atom is 0.356 e. The summed E-state index contributed by atoms with van der Waals surface area (Å²) < 4.78 is 99.2. The van der Waals surface area contributed by atoms with Crippen molar-refractivity contribution in [2.45, 2.75) is 69.0 Å². The molecule has 3 saturated heterocycles. The lowest BCUT2D eigenvalue weighted by molar-refractivity contribution is 0.0559. The van der Waals surface area contributed by atoms with Crippen molar-refractivity contribution in [3.05, 3.63) is 145 Å². The highest BCUT2D eigenvalue weighted by Gasteiger charge is 2.37. The Kier molecular flexibility index (Phi) is 21.5. The summed E-state index contributed by atoms with van der Waals surface area (Å²) in [5.41, 5.74) is 21.4. The molecule has 9 heterocycles. The zero-order valence-electron chi connectivity index (χ0n) is 49.4. The predicted octanol–water partition coefficient (Wildman–Crippen LogP) is 7.05. The van der Waals surface area contributed by atoms with Crippen molar-refractivity contribution in [2.24, 2.45) is 0 Å². The molecule has 3 fully saturated rings. The largest absolute Gasteiger partial charge is 0.496 e. The van der Waals surface area contributed by atoms with E-state index in [2.05, 4.69) is 50.9 Å². The topological polar surface area (TPSA) is 436 Å². The highest BCUT2D eigenvalue weighted by Crippen LogP contribution is 2.58. The average molecular weight is 1330 g/mol. The first-order chi connectivity index (χ1) is 43.8. The van der Waals surface area contributed by atoms with Crippen LogP contribution < -0.4 is 38.6 Å². The minimum atomic E-state index is -3.43. The number of nitrogens with zero attached hydrogens (tertiary/aromatic N) is 10. The second-order valence-electron chi connectivity index (χ2n) is 20.5. The number of nitrogens with one attached hydrogen (secondary N) is 3. The number of aromatic nitrogens is 12. The number of nitrogens with two attached hydrogens (primary N) is 3. The Morgan fingerprint density at radius 2 is 0.945 bits per heavy atom. The monoisotopic (exact) mass is 1330 g/mol. The standard InChI is InChI=1S/C19H24N5O6P.C18H19N6O5P.C18H22N5O5PS/c1-12-9-13(3-4-14(12)27-2)15-5-7-29-31(26,30-15)11-28-8-6-24-10-21-16-17(24)22-19(20)23-18(16)25;19-9-12-1-3-13(4-2-12)14-5-7-28-30(26,29-14)11-27-8-6-24-10-21-15-16(24)22-18(20)23-17(15)25;1-30-13-4-2-12(3-5-13)14-6-8-27-29(25,28-14)11-26-9-7-23-10-20-15-16(23)21-18(19)22-17(15)24/h3-4,9-10,15H,5-8,11H2,1-2H3,(H3,20,22,23,25);1-4,10,14H,5-8,11H2,(H3,20,22,23,25);2-5,10,14H,6-9,11H2,1H3,(H3,19,21,22,24). The molecule has 9 N–H and O–H groups in total. The maximum absolute atomic E-state index is 13.0. The molecule has 3 aliphatic rings. The minimum Gasteiger partial charge on any atom is -0.496 e. The lowest BCUT2D eigenvalue weighted by Gasteiger charge is -2.30. The number of methoxy groups -OCH3 is 1. The smallest absolute Gasteiger partial charge is 0.356 e. The summed E-state index contributed by atoms with van der Waals surface area (Å²) in [6.07, 6.45) is 6.66. The van der Waals surface area contributed by atoms with E-state index >= 15 is 0 Å². The van der Waals surface area contributed by atoms with Crippen molar-refractivity contribution in [2.75, 3.05) is 89.3 Å². The number of benzene rings is 3. The SMILES string of the molecule is COc1ccc(C2CCOP(=O)(COCCn3cnc4c(=O)[nH]c(N)nc43)O2)cc1C.CSc1ccc(C2CCOP(=O)(COCCn3cnc4c(=O)[nH]c(N)nc43)O2)cc1.N#Cc1ccc(C2CCOP(=O)(COCCn3cnc4c(=O)[nH]c(N)nc43)O2)cc1. The maximum atomic E-state index is 13.0. The zero-order valence-corrected chi connectivity index (χ0v) is 52.9. The van der Waals surface area contributed by atoms with Gasteiger partial charge in [0.1, 0.15) is 24.8 Å². The quantitative estimate of drug-likeness (QED) is 0.0253. The van der Waals surface area contributed by atoms with Crippen LogP contribution in [-0.2, 0) is 74.7 Å². The van der Waals surface area contributed by atoms with Crippen molar-refractivity contribution in [1.29, 1.82) is 5.26 Å². The fraction of sp³-hybridized carbons (Fsp3) is 0.382. The molecule has 0 aliphatic carbocycles. The number of nitrogen functional groups attached to an aromatic ring is 3. The predicted molar refractivity (Wildman–Crippen MR) is 333 cm³/mol. The molecule has 6 unspecified atom stereocenters. The van der Waals surface area contributed by atoms with Crippen molar-refractivity contribution in [3.8, 4) is 11.8 Å². The lowest BCUT2D eigenvalue weighted by Crippen LogP contribution is -2.17. The molecule has 0 saturated carbocycles. The second-order valence-corrected chi connectivity index (χ2v) is 27.2. The van der Waals surface area contributed by atoms with Crippen LogP contribution in [0.1, 0.15) is 65.4 Å². The third-order valence-corrected chi connectivity index (χ3v) is 19.9. The van der Waals surface area contributed by atoms with E-state index in [1.54, 1.807) is 56.8 Å². The van der Waals surface area contributed by atoms with Gasteiger partial charge >= 0.3 is 22.8 Å². The molecule has 482 valence electrons. The second kappa shape index (κ2) is 29.6. The molecular weight excluding hydrogens is 1270 g/mol. The Bertz CT molecular complexity index is 4400. The van der Waals surface area contributed by atoms with E-state index < -0.39 is 45.6 Å². The van der Waals surface area contributed by atoms with E-state index in [1.807, 2.05) is 55.6 Å². The Balaban J connectivity index is 0.000000150. The van der Waals surface area contributed by atoms with Crippen molar-refractivity contribution in [1.82, 2.24) is 58.6 Å². The van der Waals surface area contributed by atoms with Gasteiger partial charge in [-0.15, -0.1) is 11.8 Å². The van der Waals surface area contributed by atoms with Crippen LogP contribution in [0, 0.1) is 18.3 Å². The van der Waals surface area contributed by atoms with Gasteiger partial charge in [-0.2, -0.15) is 20.2 Å². The molecule has 91 heavy (non-hydrogen) atoms. The molecular formula is C55H65N16O16P3S. The molecule has 9 aromatic rings. The first kappa shape index (κ1) is 66.0. The van der Waals surface area contributed by atoms with E-state index in [0.29, 0.717) is 74.6 Å². The number of anilines is 3. The van der Waals surface area contributed by atoms with Gasteiger partial charge in [0, 0.05) is 43.8 Å². The van der Waals surface area contributed by atoms with Gasteiger partial charge in [-0.05, 0) is 71.8 Å². The molecule has 0 radical (unpaired) electrons. The van der Waals surface area contributed by atoms with Gasteiger partial charge in [-0.1, -0.05) is 30.3 Å². The van der Waals surface area contributed by atoms with E-state index in [4.69, 9.17) is 68.6 Å². The van der Waals surface area contributed by atoms with Gasteiger partial charge in [0.05, 0.1) is 95.7 Å². The Morgan fingerprint density at radius 1 is 0.582 bits per heavy atom. The number of nitriles is 1. The zero-order chi connectivity index (χ0) is 64.3. The number of rotatable bonds is 20. The van der Waals surface area contributed by atoms with Gasteiger partial charge < -0.3 is 63.4 Å². The number of ether oxygens (including phenoxy) is 4. The molecule has 12 rings (SSSR count). The van der Waals surface area contributed by atoms with E-state index in [9.17, 15) is 28.1 Å². The van der Waals surface area contributed by atoms with Crippen LogP contribution in [0.15, 0.2) is 105 Å². The van der Waals surface area contributed by atoms with Crippen LogP contribution in [0.25, 0.3) is 33.5 Å². The third-order valence-electron chi connectivity index (χ3n) is 14.2. The summed E-state index contributed by atoms with van der Waals surface area (Å²) in [6, 6.07) is 22.7. The Morgan fingerprint density at radius 3 is 1.30 bits per heavy atom. The molecule has 36 heteroatoms. The first-order valence-electron chi connectivity index (χ1n) is 28.2. The van der Waals surface area contributed by atoms with E-state index in [0.717, 1.165) is 32.9 Å². The molecule has 6 aromatic heterocycles. The molecule has 3 aromatic carbocycles. The van der Waals surface area contributed by atoms with Crippen molar-refractivity contribution < 1.29 is 59.8 Å². The summed E-state index contributed by atoms with van der Waals surface area (Å²) in [5, 5.41) is 8.90. The number of hydrogen-bond acceptors (Lipinski definition) is 27. The normalized spacial score (nSPS) is 21.6. The van der Waals surface area contributed by atoms with Gasteiger partial charge in [0.2, 0.25) is 17.8 Å². The van der Waals surface area contributed by atoms with Crippen molar-refractivity contribution in [3.63, 3.8) is 0 Å². The van der Waals surface area contributed by atoms with Gasteiger partial charge in [0.15, 0.2) is 33.5 Å². The fourth-order valence-corrected chi connectivity index (χ4v) is 14.8. The number of imidazole rings is 3. The molecule has 6 atom stereocenters. The average Bonchev–Trinajstić information content (AvgIpc) is 2.17. The van der Waals surface area contributed by atoms with Crippen LogP contribution in [0.3, 0.4) is 0 Å². The van der Waals surface area contributed by atoms with Gasteiger partial charge in [0.25, 0.3) is 16.7 Å². The Hall–Kier alpha value is -7.92. The molecule has 3 aliphatic heterocycles. The Labute approximate surface area is 522 Å². The molecule has 0 amide bonds. The van der Waals surface area contributed by atoms with Crippen LogP contribution in [0.4, 0.5) is 17.8 Å². The summed E-state index contributed by atoms with van der Waals surface area (Å²) in [7, 11) is -8.58. The number of fused-ring (bicyclic) bond motifs is 3. The number of aryl methyl sites for hydroxylation is 1. The van der Waals surface area contributed by atoms with Crippen LogP contribution >= 0.6 is 34.5 Å². The molecule has 32 nitrogen and oxygen atoms in total. The summed E-state index contributed by atoms with van der Waals surface area (Å²) in [4.78, 5) is 68.2. The van der Waals surface area contributed by atoms with E-state index in [1.165, 1.54) is 19.0 Å². The first-order valence-corrected chi connectivity index (χ1v) is 34.6. The highest BCUT2D eigenvalue weighted by atomic mass is 32.2. The number of thioether (sulfide) groups is 1. The summed E-state index contributed by atoms with van der Waals surface area (Å²) >= 11 is 1.66. The van der Waals surface area contributed by atoms with Crippen LogP contribution in [0.2, 0.25) is 0 Å². The highest BCUT2D eigenvalue weighted by molar-refractivity contribution is 7.98. The summed E-state index contributed by atoms with van der Waals surface area (Å²) in [5.74, 6) is 0.804.